The predicted octanol–water partition coefficient (Wildman–Crippen LogP) is 8.36. The molecule has 0 aromatic heterocycles. The number of carbonyl (C=O) groups excluding carboxylic acids is 2. The monoisotopic (exact) mass is 696 g/mol. The lowest BCUT2D eigenvalue weighted by molar-refractivity contribution is -0.183. The second-order valence-electron chi connectivity index (χ2n) is 19.4. The Morgan fingerprint density at radius 2 is 1.64 bits per heavy atom. The molecule has 0 heterocycles. The summed E-state index contributed by atoms with van der Waals surface area (Å²) in [5, 5.41) is 12.9. The second-order valence-corrected chi connectivity index (χ2v) is 19.4. The van der Waals surface area contributed by atoms with E-state index < -0.39 is 17.7 Å². The average molecular weight is 696 g/mol. The van der Waals surface area contributed by atoms with Gasteiger partial charge in [0.25, 0.3) is 0 Å². The molecule has 6 aliphatic carbocycles. The summed E-state index contributed by atoms with van der Waals surface area (Å²) in [6.07, 6.45) is 18.8. The molecule has 0 radical (unpaired) electrons. The Labute approximate surface area is 302 Å². The maximum atomic E-state index is 13.8. The standard InChI is InChI=1S/C37H58N2O3.C5H11NO2/c1-34(2)27(24-9-11-25(12-10-24)32(40)41)15-19-36(4)30(34)17-20-35(3)28-16-21-37(33(42)38-22-23-39(5)6)18-7-8-29(37)26(28)13-14-31(35)36;1-5(2,3)8-4(6)7/h9,15,25-26,28-31H,7-8,10-14,16-23H2,1-6H3,(H,38,42)(H,40,41);1-3H3,(H2,6,7)/t25?,26-,28?,29+,30?,31?,35-,36-,37-;/m0./s1. The number of rotatable bonds is 6. The van der Waals surface area contributed by atoms with Crippen LogP contribution in [0.5, 0.6) is 0 Å². The summed E-state index contributed by atoms with van der Waals surface area (Å²) in [4.78, 5) is 37.5. The van der Waals surface area contributed by atoms with Crippen molar-refractivity contribution in [3.63, 3.8) is 0 Å². The van der Waals surface area contributed by atoms with E-state index in [-0.39, 0.29) is 16.7 Å². The molecule has 0 saturated heterocycles. The van der Waals surface area contributed by atoms with Crippen molar-refractivity contribution in [1.29, 1.82) is 0 Å². The lowest BCUT2D eigenvalue weighted by atomic mass is 9.36. The highest BCUT2D eigenvalue weighted by atomic mass is 16.6. The Morgan fingerprint density at radius 3 is 2.22 bits per heavy atom. The molecule has 6 aliphatic rings. The second kappa shape index (κ2) is 14.2. The third-order valence-corrected chi connectivity index (χ3v) is 14.9. The molecule has 0 aromatic carbocycles. The first kappa shape index (κ1) is 38.9. The Balaban J connectivity index is 0.000000544. The van der Waals surface area contributed by atoms with Crippen LogP contribution < -0.4 is 11.1 Å². The van der Waals surface area contributed by atoms with Gasteiger partial charge in [-0.3, -0.25) is 9.59 Å². The van der Waals surface area contributed by atoms with Gasteiger partial charge in [0, 0.05) is 13.1 Å². The molecule has 4 N–H and O–H groups in total. The number of hydrogen-bond acceptors (Lipinski definition) is 5. The van der Waals surface area contributed by atoms with Crippen molar-refractivity contribution in [2.45, 2.75) is 138 Å². The van der Waals surface area contributed by atoms with Gasteiger partial charge in [-0.05, 0) is 169 Å². The van der Waals surface area contributed by atoms with Crippen LogP contribution in [0.3, 0.4) is 0 Å². The van der Waals surface area contributed by atoms with E-state index >= 15 is 0 Å². The quantitative estimate of drug-likeness (QED) is 0.257. The number of ether oxygens (including phenoxy) is 1. The zero-order chi connectivity index (χ0) is 36.9. The maximum Gasteiger partial charge on any atom is 0.405 e. The molecule has 50 heavy (non-hydrogen) atoms. The third-order valence-electron chi connectivity index (χ3n) is 14.9. The van der Waals surface area contributed by atoms with E-state index in [0.717, 1.165) is 57.0 Å². The van der Waals surface area contributed by atoms with Gasteiger partial charge in [-0.2, -0.15) is 0 Å². The molecule has 0 bridgehead atoms. The van der Waals surface area contributed by atoms with E-state index in [2.05, 4.69) is 68.9 Å². The SMILES string of the molecule is CC(C)(C)OC(N)=O.CN(C)CCNC(=O)[C@]12CCC[C@@H]1[C@H]1CCC3[C@@](C)(CCC4C(C)(C)C(C5=CCC(C(=O)O)CC5)=CC[C@@]43C)C1CC2. The fourth-order valence-electron chi connectivity index (χ4n) is 12.9. The fraction of sp³-hybridized carbons (Fsp3) is 0.833. The van der Waals surface area contributed by atoms with Crippen LogP contribution in [0.4, 0.5) is 4.79 Å². The molecule has 8 nitrogen and oxygen atoms in total. The zero-order valence-corrected chi connectivity index (χ0v) is 32.8. The highest BCUT2D eigenvalue weighted by Crippen LogP contribution is 2.73. The first-order valence-electron chi connectivity index (χ1n) is 19.8. The molecule has 6 rings (SSSR count). The normalized spacial score (nSPS) is 38.8. The molecule has 0 spiro atoms. The molecule has 8 heteroatoms. The summed E-state index contributed by atoms with van der Waals surface area (Å²) in [7, 11) is 4.16. The minimum absolute atomic E-state index is 0.115. The van der Waals surface area contributed by atoms with E-state index in [4.69, 9.17) is 5.73 Å². The number of primary amides is 1. The number of nitrogens with two attached hydrogens (primary N) is 1. The van der Waals surface area contributed by atoms with Crippen molar-refractivity contribution in [1.82, 2.24) is 10.2 Å². The molecule has 0 aromatic rings. The van der Waals surface area contributed by atoms with Crippen LogP contribution in [-0.2, 0) is 14.3 Å². The Bertz CT molecular complexity index is 1360. The third kappa shape index (κ3) is 7.17. The maximum absolute atomic E-state index is 13.8. The lowest BCUT2D eigenvalue weighted by Gasteiger charge is -2.68. The predicted molar refractivity (Wildman–Crippen MR) is 199 cm³/mol. The van der Waals surface area contributed by atoms with Crippen molar-refractivity contribution in [2.24, 2.45) is 62.9 Å². The summed E-state index contributed by atoms with van der Waals surface area (Å²) >= 11 is 0. The van der Waals surface area contributed by atoms with Crippen LogP contribution in [0.1, 0.15) is 132 Å². The van der Waals surface area contributed by atoms with Crippen molar-refractivity contribution >= 4 is 18.0 Å². The highest BCUT2D eigenvalue weighted by molar-refractivity contribution is 5.83. The van der Waals surface area contributed by atoms with E-state index in [1.807, 2.05) is 0 Å². The molecular formula is C42H69N3O5. The minimum atomic E-state index is -0.725. The Hall–Kier alpha value is -2.35. The topological polar surface area (TPSA) is 122 Å². The highest BCUT2D eigenvalue weighted by Gasteiger charge is 2.66. The first-order chi connectivity index (χ1) is 23.3. The largest absolute Gasteiger partial charge is 0.481 e. The van der Waals surface area contributed by atoms with Crippen LogP contribution in [0.25, 0.3) is 0 Å². The smallest absolute Gasteiger partial charge is 0.405 e. The van der Waals surface area contributed by atoms with Crippen molar-refractivity contribution in [3.8, 4) is 0 Å². The fourth-order valence-corrected chi connectivity index (χ4v) is 12.9. The van der Waals surface area contributed by atoms with Gasteiger partial charge in [0.15, 0.2) is 0 Å². The van der Waals surface area contributed by atoms with Crippen LogP contribution in [0.2, 0.25) is 0 Å². The Morgan fingerprint density at radius 1 is 0.920 bits per heavy atom. The van der Waals surface area contributed by atoms with Gasteiger partial charge in [0.2, 0.25) is 5.91 Å². The number of carboxylic acids is 1. The number of carboxylic acid groups (broad SMARTS) is 1. The van der Waals surface area contributed by atoms with Crippen LogP contribution in [0.15, 0.2) is 23.3 Å². The molecule has 4 fully saturated rings. The molecule has 4 saturated carbocycles. The van der Waals surface area contributed by atoms with Crippen molar-refractivity contribution in [3.05, 3.63) is 23.3 Å². The van der Waals surface area contributed by atoms with E-state index in [1.165, 1.54) is 56.1 Å². The number of aliphatic carboxylic acids is 1. The van der Waals surface area contributed by atoms with Crippen molar-refractivity contribution < 1.29 is 24.2 Å². The molecule has 282 valence electrons. The summed E-state index contributed by atoms with van der Waals surface area (Å²) < 4.78 is 4.58. The lowest BCUT2D eigenvalue weighted by Crippen LogP contribution is -2.62. The number of carbonyl (C=O) groups is 3. The minimum Gasteiger partial charge on any atom is -0.481 e. The number of amides is 2. The van der Waals surface area contributed by atoms with Gasteiger partial charge in [-0.15, -0.1) is 0 Å². The summed E-state index contributed by atoms with van der Waals surface area (Å²) in [5.41, 5.74) is 7.90. The zero-order valence-electron chi connectivity index (χ0n) is 32.8. The summed E-state index contributed by atoms with van der Waals surface area (Å²) in [5.74, 6) is 2.94. The van der Waals surface area contributed by atoms with E-state index in [1.54, 1.807) is 20.8 Å². The molecule has 4 unspecified atom stereocenters. The molecular weight excluding hydrogens is 626 g/mol. The Kier molecular flexibility index (Phi) is 11.1. The first-order valence-corrected chi connectivity index (χ1v) is 19.8. The van der Waals surface area contributed by atoms with Gasteiger partial charge in [-0.1, -0.05) is 46.3 Å². The summed E-state index contributed by atoms with van der Waals surface area (Å²) in [6, 6.07) is 0. The molecule has 0 aliphatic heterocycles. The van der Waals surface area contributed by atoms with E-state index in [0.29, 0.717) is 40.9 Å². The van der Waals surface area contributed by atoms with Gasteiger partial charge in [0.05, 0.1) is 11.3 Å². The van der Waals surface area contributed by atoms with E-state index in [9.17, 15) is 19.5 Å². The van der Waals surface area contributed by atoms with Gasteiger partial charge >= 0.3 is 12.1 Å². The summed E-state index contributed by atoms with van der Waals surface area (Å²) in [6.45, 7) is 17.3. The van der Waals surface area contributed by atoms with Gasteiger partial charge in [0.1, 0.15) is 5.60 Å². The van der Waals surface area contributed by atoms with Crippen LogP contribution >= 0.6 is 0 Å². The van der Waals surface area contributed by atoms with Crippen LogP contribution in [-0.4, -0.2) is 60.8 Å². The number of hydrogen-bond donors (Lipinski definition) is 3. The van der Waals surface area contributed by atoms with Crippen molar-refractivity contribution in [2.75, 3.05) is 27.2 Å². The number of nitrogens with zero attached hydrogens (tertiary/aromatic N) is 1. The van der Waals surface area contributed by atoms with Crippen LogP contribution in [0, 0.1) is 57.2 Å². The van der Waals surface area contributed by atoms with Gasteiger partial charge in [-0.25, -0.2) is 4.79 Å². The number of fused-ring (bicyclic) bond motifs is 7. The number of likely N-dealkylation sites (N-methyl/N-ethyl adjacent to an activating group) is 1. The number of allylic oxidation sites excluding steroid dienone is 4. The molecule has 2 amide bonds. The number of nitrogens with one attached hydrogen (secondary N) is 1. The van der Waals surface area contributed by atoms with Gasteiger partial charge < -0.3 is 25.8 Å². The average Bonchev–Trinajstić information content (AvgIpc) is 3.46. The molecule has 9 atom stereocenters.